The van der Waals surface area contributed by atoms with Crippen LogP contribution in [0.2, 0.25) is 0 Å². The lowest BCUT2D eigenvalue weighted by Gasteiger charge is -2.23. The van der Waals surface area contributed by atoms with Crippen molar-refractivity contribution in [2.75, 3.05) is 6.61 Å². The monoisotopic (exact) mass is 253 g/mol. The lowest BCUT2D eigenvalue weighted by atomic mass is 9.97. The zero-order valence-electron chi connectivity index (χ0n) is 11.4. The van der Waals surface area contributed by atoms with Crippen molar-refractivity contribution < 1.29 is 14.3 Å². The number of hydrogen-bond acceptors (Lipinski definition) is 4. The Balaban J connectivity index is 2.00. The SMILES string of the molecule is CCOC(=O)C1=C[C@@H](OC(CC)CC)[C@@H]2N[C@@H]2C1. The van der Waals surface area contributed by atoms with Crippen LogP contribution in [0.3, 0.4) is 0 Å². The number of esters is 1. The van der Waals surface area contributed by atoms with E-state index >= 15 is 0 Å². The summed E-state index contributed by atoms with van der Waals surface area (Å²) >= 11 is 0. The van der Waals surface area contributed by atoms with E-state index in [4.69, 9.17) is 9.47 Å². The highest BCUT2D eigenvalue weighted by atomic mass is 16.5. The van der Waals surface area contributed by atoms with Crippen molar-refractivity contribution in [1.29, 1.82) is 0 Å². The van der Waals surface area contributed by atoms with E-state index in [1.807, 2.05) is 13.0 Å². The summed E-state index contributed by atoms with van der Waals surface area (Å²) in [6.45, 7) is 6.52. The summed E-state index contributed by atoms with van der Waals surface area (Å²) in [6.07, 6.45) is 5.04. The van der Waals surface area contributed by atoms with Gasteiger partial charge < -0.3 is 14.8 Å². The maximum absolute atomic E-state index is 11.8. The number of rotatable bonds is 6. The van der Waals surface area contributed by atoms with E-state index in [1.165, 1.54) is 0 Å². The van der Waals surface area contributed by atoms with Gasteiger partial charge in [-0.1, -0.05) is 13.8 Å². The second-order valence-electron chi connectivity index (χ2n) is 4.95. The van der Waals surface area contributed by atoms with Crippen LogP contribution in [0.5, 0.6) is 0 Å². The summed E-state index contributed by atoms with van der Waals surface area (Å²) in [5, 5.41) is 3.38. The van der Waals surface area contributed by atoms with E-state index in [2.05, 4.69) is 19.2 Å². The molecule has 1 fully saturated rings. The number of ether oxygens (including phenoxy) is 2. The average Bonchev–Trinajstić information content (AvgIpc) is 3.15. The lowest BCUT2D eigenvalue weighted by Crippen LogP contribution is -2.30. The summed E-state index contributed by atoms with van der Waals surface area (Å²) in [5.74, 6) is -0.192. The van der Waals surface area contributed by atoms with Gasteiger partial charge in [0.25, 0.3) is 0 Å². The third kappa shape index (κ3) is 2.93. The van der Waals surface area contributed by atoms with Crippen LogP contribution >= 0.6 is 0 Å². The molecule has 18 heavy (non-hydrogen) atoms. The van der Waals surface area contributed by atoms with E-state index in [-0.39, 0.29) is 18.2 Å². The van der Waals surface area contributed by atoms with Gasteiger partial charge in [-0.25, -0.2) is 4.79 Å². The minimum Gasteiger partial charge on any atom is -0.463 e. The maximum atomic E-state index is 11.8. The van der Waals surface area contributed by atoms with Gasteiger partial charge in [-0.15, -0.1) is 0 Å². The van der Waals surface area contributed by atoms with Gasteiger partial charge in [0.2, 0.25) is 0 Å². The summed E-state index contributed by atoms with van der Waals surface area (Å²) in [5.41, 5.74) is 0.763. The molecule has 0 bridgehead atoms. The topological polar surface area (TPSA) is 57.5 Å². The van der Waals surface area contributed by atoms with Crippen LogP contribution in [0.25, 0.3) is 0 Å². The van der Waals surface area contributed by atoms with Crippen molar-refractivity contribution in [3.8, 4) is 0 Å². The number of hydrogen-bond donors (Lipinski definition) is 1. The van der Waals surface area contributed by atoms with Crippen LogP contribution in [-0.4, -0.2) is 36.9 Å². The number of carbonyl (C=O) groups excluding carboxylic acids is 1. The van der Waals surface area contributed by atoms with Crippen molar-refractivity contribution in [2.45, 2.75) is 64.3 Å². The van der Waals surface area contributed by atoms with Crippen molar-refractivity contribution in [1.82, 2.24) is 5.32 Å². The van der Waals surface area contributed by atoms with Crippen molar-refractivity contribution in [3.63, 3.8) is 0 Å². The number of carbonyl (C=O) groups is 1. The Hall–Kier alpha value is -0.870. The Morgan fingerprint density at radius 3 is 2.78 bits per heavy atom. The zero-order valence-corrected chi connectivity index (χ0v) is 11.4. The Bertz CT molecular complexity index is 336. The first-order valence-electron chi connectivity index (χ1n) is 6.98. The summed E-state index contributed by atoms with van der Waals surface area (Å²) < 4.78 is 11.1. The fraction of sp³-hybridized carbons (Fsp3) is 0.786. The molecule has 4 nitrogen and oxygen atoms in total. The molecular weight excluding hydrogens is 230 g/mol. The zero-order chi connectivity index (χ0) is 13.1. The highest BCUT2D eigenvalue weighted by Gasteiger charge is 2.47. The first-order valence-corrected chi connectivity index (χ1v) is 6.98. The van der Waals surface area contributed by atoms with Gasteiger partial charge in [0.05, 0.1) is 24.9 Å². The number of fused-ring (bicyclic) bond motifs is 1. The van der Waals surface area contributed by atoms with Crippen molar-refractivity contribution in [3.05, 3.63) is 11.6 Å². The largest absolute Gasteiger partial charge is 0.463 e. The first-order chi connectivity index (χ1) is 8.69. The first kappa shape index (κ1) is 13.6. The molecule has 1 heterocycles. The summed E-state index contributed by atoms with van der Waals surface area (Å²) in [6, 6.07) is 0.789. The molecule has 0 unspecified atom stereocenters. The summed E-state index contributed by atoms with van der Waals surface area (Å²) in [4.78, 5) is 11.8. The van der Waals surface area contributed by atoms with Crippen LogP contribution < -0.4 is 5.32 Å². The van der Waals surface area contributed by atoms with Crippen LogP contribution in [0.1, 0.15) is 40.0 Å². The van der Waals surface area contributed by atoms with Gasteiger partial charge in [0.1, 0.15) is 0 Å². The Labute approximate surface area is 109 Å². The van der Waals surface area contributed by atoms with Gasteiger partial charge in [-0.2, -0.15) is 0 Å². The molecule has 0 aromatic heterocycles. The normalized spacial score (nSPS) is 29.8. The highest BCUT2D eigenvalue weighted by molar-refractivity contribution is 5.89. The Kier molecular flexibility index (Phi) is 4.40. The molecule has 1 saturated heterocycles. The molecule has 1 aliphatic heterocycles. The standard InChI is InChI=1S/C14H23NO3/c1-4-10(5-2)18-12-8-9(14(16)17-6-3)7-11-13(12)15-11/h8,10-13,15H,4-7H2,1-3H3/t11-,12-,13-/m1/s1. The van der Waals surface area contributed by atoms with Crippen LogP contribution in [0.15, 0.2) is 11.6 Å². The van der Waals surface area contributed by atoms with Gasteiger partial charge in [0.15, 0.2) is 0 Å². The van der Waals surface area contributed by atoms with E-state index in [9.17, 15) is 4.79 Å². The lowest BCUT2D eigenvalue weighted by molar-refractivity contribution is -0.138. The van der Waals surface area contributed by atoms with Gasteiger partial charge in [-0.3, -0.25) is 0 Å². The van der Waals surface area contributed by atoms with E-state index in [1.54, 1.807) is 0 Å². The van der Waals surface area contributed by atoms with Crippen molar-refractivity contribution in [2.24, 2.45) is 0 Å². The fourth-order valence-corrected chi connectivity index (χ4v) is 2.51. The molecule has 0 radical (unpaired) electrons. The molecule has 102 valence electrons. The second-order valence-corrected chi connectivity index (χ2v) is 4.95. The fourth-order valence-electron chi connectivity index (χ4n) is 2.51. The minimum absolute atomic E-state index is 0.0213. The molecule has 0 amide bonds. The molecule has 3 atom stereocenters. The average molecular weight is 253 g/mol. The summed E-state index contributed by atoms with van der Waals surface area (Å²) in [7, 11) is 0. The van der Waals surface area contributed by atoms with Gasteiger partial charge >= 0.3 is 5.97 Å². The maximum Gasteiger partial charge on any atom is 0.333 e. The van der Waals surface area contributed by atoms with E-state index in [0.29, 0.717) is 18.7 Å². The molecular formula is C14H23NO3. The predicted molar refractivity (Wildman–Crippen MR) is 69.3 cm³/mol. The molecule has 0 spiro atoms. The van der Waals surface area contributed by atoms with Crippen LogP contribution in [0.4, 0.5) is 0 Å². The molecule has 4 heteroatoms. The van der Waals surface area contributed by atoms with E-state index < -0.39 is 0 Å². The Morgan fingerprint density at radius 1 is 1.44 bits per heavy atom. The molecule has 1 aliphatic carbocycles. The van der Waals surface area contributed by atoms with Crippen LogP contribution in [-0.2, 0) is 14.3 Å². The molecule has 0 aromatic rings. The molecule has 2 rings (SSSR count). The van der Waals surface area contributed by atoms with Gasteiger partial charge in [-0.05, 0) is 32.3 Å². The van der Waals surface area contributed by atoms with Crippen LogP contribution in [0, 0.1) is 0 Å². The molecule has 2 aliphatic rings. The predicted octanol–water partition coefficient (Wildman–Crippen LogP) is 1.79. The minimum atomic E-state index is -0.192. The number of nitrogens with one attached hydrogen (secondary N) is 1. The highest BCUT2D eigenvalue weighted by Crippen LogP contribution is 2.32. The van der Waals surface area contributed by atoms with Crippen molar-refractivity contribution >= 4 is 5.97 Å². The smallest absolute Gasteiger partial charge is 0.333 e. The molecule has 0 aromatic carbocycles. The van der Waals surface area contributed by atoms with E-state index in [0.717, 1.165) is 24.8 Å². The van der Waals surface area contributed by atoms with Gasteiger partial charge in [0, 0.05) is 11.6 Å². The third-order valence-electron chi connectivity index (χ3n) is 3.69. The Morgan fingerprint density at radius 2 is 2.17 bits per heavy atom. The molecule has 1 N–H and O–H groups in total. The quantitative estimate of drug-likeness (QED) is 0.579. The second kappa shape index (κ2) is 5.85. The third-order valence-corrected chi connectivity index (χ3v) is 3.69. The molecule has 0 saturated carbocycles.